The SMILES string of the molecule is OC(O)(N=Cc1cccnc1)c1cccs1. The van der Waals surface area contributed by atoms with Crippen LogP contribution in [-0.2, 0) is 5.91 Å². The third kappa shape index (κ3) is 2.52. The van der Waals surface area contributed by atoms with Gasteiger partial charge in [0.05, 0.1) is 4.88 Å². The van der Waals surface area contributed by atoms with Crippen molar-refractivity contribution >= 4 is 17.6 Å². The normalized spacial score (nSPS) is 12.1. The summed E-state index contributed by atoms with van der Waals surface area (Å²) in [6.45, 7) is 0. The number of nitrogens with zero attached hydrogens (tertiary/aromatic N) is 2. The number of hydrogen-bond donors (Lipinski definition) is 2. The molecule has 0 radical (unpaired) electrons. The molecule has 0 amide bonds. The fourth-order valence-corrected chi connectivity index (χ4v) is 1.82. The third-order valence-corrected chi connectivity index (χ3v) is 2.89. The Bertz CT molecular complexity index is 466. The molecule has 2 aromatic rings. The molecular formula is C11H10N2O2S. The maximum absolute atomic E-state index is 9.68. The fraction of sp³-hybridized carbons (Fsp3) is 0.0909. The molecule has 2 N–H and O–H groups in total. The summed E-state index contributed by atoms with van der Waals surface area (Å²) < 4.78 is 0. The number of hydrogen-bond acceptors (Lipinski definition) is 5. The van der Waals surface area contributed by atoms with Crippen LogP contribution >= 0.6 is 11.3 Å². The summed E-state index contributed by atoms with van der Waals surface area (Å²) in [5.74, 6) is -2.16. The van der Waals surface area contributed by atoms with Gasteiger partial charge < -0.3 is 10.2 Å². The largest absolute Gasteiger partial charge is 0.343 e. The van der Waals surface area contributed by atoms with Gasteiger partial charge in [0.25, 0.3) is 0 Å². The van der Waals surface area contributed by atoms with Gasteiger partial charge in [-0.25, -0.2) is 4.99 Å². The molecule has 0 spiro atoms. The van der Waals surface area contributed by atoms with Gasteiger partial charge in [0.15, 0.2) is 0 Å². The van der Waals surface area contributed by atoms with Crippen LogP contribution in [0.25, 0.3) is 0 Å². The molecular weight excluding hydrogens is 224 g/mol. The fourth-order valence-electron chi connectivity index (χ4n) is 1.15. The molecule has 82 valence electrons. The molecule has 0 saturated heterocycles. The van der Waals surface area contributed by atoms with E-state index in [4.69, 9.17) is 0 Å². The lowest BCUT2D eigenvalue weighted by Crippen LogP contribution is -2.20. The highest BCUT2D eigenvalue weighted by Gasteiger charge is 2.24. The van der Waals surface area contributed by atoms with E-state index in [1.54, 1.807) is 42.0 Å². The van der Waals surface area contributed by atoms with E-state index in [0.29, 0.717) is 10.4 Å². The van der Waals surface area contributed by atoms with Crippen molar-refractivity contribution in [2.24, 2.45) is 4.99 Å². The first kappa shape index (κ1) is 10.9. The summed E-state index contributed by atoms with van der Waals surface area (Å²) in [5, 5.41) is 21.1. The number of aromatic nitrogens is 1. The van der Waals surface area contributed by atoms with Crippen LogP contribution in [0.15, 0.2) is 47.0 Å². The maximum atomic E-state index is 9.68. The minimum atomic E-state index is -2.16. The van der Waals surface area contributed by atoms with Crippen LogP contribution in [0, 0.1) is 0 Å². The van der Waals surface area contributed by atoms with Crippen LogP contribution in [0.3, 0.4) is 0 Å². The second-order valence-electron chi connectivity index (χ2n) is 3.16. The maximum Gasteiger partial charge on any atom is 0.302 e. The molecule has 0 aliphatic rings. The van der Waals surface area contributed by atoms with Gasteiger partial charge in [0, 0.05) is 24.2 Å². The molecule has 16 heavy (non-hydrogen) atoms. The average molecular weight is 234 g/mol. The first-order valence-electron chi connectivity index (χ1n) is 4.62. The number of aliphatic imine (C=N–C) groups is 1. The van der Waals surface area contributed by atoms with Crippen LogP contribution in [0.2, 0.25) is 0 Å². The van der Waals surface area contributed by atoms with E-state index in [0.717, 1.165) is 0 Å². The van der Waals surface area contributed by atoms with E-state index in [1.807, 2.05) is 0 Å². The molecule has 2 heterocycles. The van der Waals surface area contributed by atoms with Crippen LogP contribution < -0.4 is 0 Å². The molecule has 0 atom stereocenters. The highest BCUT2D eigenvalue weighted by atomic mass is 32.1. The molecule has 5 heteroatoms. The Morgan fingerprint density at radius 3 is 2.81 bits per heavy atom. The second-order valence-corrected chi connectivity index (χ2v) is 4.10. The zero-order valence-electron chi connectivity index (χ0n) is 8.32. The van der Waals surface area contributed by atoms with E-state index in [2.05, 4.69) is 9.98 Å². The van der Waals surface area contributed by atoms with Gasteiger partial charge in [-0.1, -0.05) is 12.1 Å². The van der Waals surface area contributed by atoms with Crippen molar-refractivity contribution < 1.29 is 10.2 Å². The van der Waals surface area contributed by atoms with Gasteiger partial charge in [-0.3, -0.25) is 4.98 Å². The van der Waals surface area contributed by atoms with Gasteiger partial charge in [0.1, 0.15) is 0 Å². The van der Waals surface area contributed by atoms with Crippen LogP contribution in [0.4, 0.5) is 0 Å². The van der Waals surface area contributed by atoms with Crippen molar-refractivity contribution in [1.29, 1.82) is 0 Å². The molecule has 4 nitrogen and oxygen atoms in total. The highest BCUT2D eigenvalue weighted by molar-refractivity contribution is 7.10. The molecule has 0 aliphatic carbocycles. The van der Waals surface area contributed by atoms with Crippen molar-refractivity contribution in [2.45, 2.75) is 5.91 Å². The number of pyridine rings is 1. The standard InChI is InChI=1S/C11H10N2O2S/c14-11(15,10-4-2-6-16-10)13-8-9-3-1-5-12-7-9/h1-8,14-15H. The Labute approximate surface area is 96.6 Å². The smallest absolute Gasteiger partial charge is 0.302 e. The van der Waals surface area contributed by atoms with Gasteiger partial charge >= 0.3 is 5.91 Å². The summed E-state index contributed by atoms with van der Waals surface area (Å²) in [5.41, 5.74) is 0.714. The van der Waals surface area contributed by atoms with Gasteiger partial charge in [-0.15, -0.1) is 11.3 Å². The van der Waals surface area contributed by atoms with Crippen LogP contribution in [0.5, 0.6) is 0 Å². The van der Waals surface area contributed by atoms with Crippen molar-refractivity contribution in [3.8, 4) is 0 Å². The minimum Gasteiger partial charge on any atom is -0.343 e. The molecule has 0 aromatic carbocycles. The van der Waals surface area contributed by atoms with E-state index in [9.17, 15) is 10.2 Å². The molecule has 2 aromatic heterocycles. The van der Waals surface area contributed by atoms with Crippen molar-refractivity contribution in [3.05, 3.63) is 52.5 Å². The molecule has 0 aliphatic heterocycles. The van der Waals surface area contributed by atoms with Crippen molar-refractivity contribution in [1.82, 2.24) is 4.98 Å². The summed E-state index contributed by atoms with van der Waals surface area (Å²) in [7, 11) is 0. The first-order valence-corrected chi connectivity index (χ1v) is 5.50. The van der Waals surface area contributed by atoms with Gasteiger partial charge in [0.2, 0.25) is 0 Å². The molecule has 2 rings (SSSR count). The predicted octanol–water partition coefficient (Wildman–Crippen LogP) is 1.36. The van der Waals surface area contributed by atoms with E-state index < -0.39 is 5.91 Å². The quantitative estimate of drug-likeness (QED) is 0.622. The topological polar surface area (TPSA) is 65.7 Å². The number of rotatable bonds is 3. The Balaban J connectivity index is 2.18. The zero-order chi connectivity index (χ0) is 11.4. The van der Waals surface area contributed by atoms with Crippen molar-refractivity contribution in [3.63, 3.8) is 0 Å². The summed E-state index contributed by atoms with van der Waals surface area (Å²) in [6.07, 6.45) is 4.61. The Morgan fingerprint density at radius 2 is 2.19 bits per heavy atom. The predicted molar refractivity (Wildman–Crippen MR) is 62.3 cm³/mol. The first-order chi connectivity index (χ1) is 7.68. The van der Waals surface area contributed by atoms with E-state index in [-0.39, 0.29) is 0 Å². The Morgan fingerprint density at radius 1 is 1.31 bits per heavy atom. The Hall–Kier alpha value is -1.56. The van der Waals surface area contributed by atoms with Gasteiger partial charge in [-0.05, 0) is 17.5 Å². The Kier molecular flexibility index (Phi) is 3.09. The lowest BCUT2D eigenvalue weighted by atomic mass is 10.3. The molecule has 0 saturated carbocycles. The molecule has 0 bridgehead atoms. The lowest BCUT2D eigenvalue weighted by molar-refractivity contribution is -0.157. The summed E-state index contributed by atoms with van der Waals surface area (Å²) >= 11 is 1.24. The summed E-state index contributed by atoms with van der Waals surface area (Å²) in [4.78, 5) is 8.00. The molecule has 0 unspecified atom stereocenters. The average Bonchev–Trinajstić information content (AvgIpc) is 2.82. The van der Waals surface area contributed by atoms with Crippen LogP contribution in [0.1, 0.15) is 10.4 Å². The second kappa shape index (κ2) is 4.52. The summed E-state index contributed by atoms with van der Waals surface area (Å²) in [6, 6.07) is 6.88. The third-order valence-electron chi connectivity index (χ3n) is 1.93. The van der Waals surface area contributed by atoms with E-state index in [1.165, 1.54) is 17.6 Å². The van der Waals surface area contributed by atoms with E-state index >= 15 is 0 Å². The monoisotopic (exact) mass is 234 g/mol. The highest BCUT2D eigenvalue weighted by Crippen LogP contribution is 2.23. The van der Waals surface area contributed by atoms with Gasteiger partial charge in [-0.2, -0.15) is 0 Å². The minimum absolute atomic E-state index is 0.382. The van der Waals surface area contributed by atoms with Crippen molar-refractivity contribution in [2.75, 3.05) is 0 Å². The number of thiophene rings is 1. The van der Waals surface area contributed by atoms with Crippen LogP contribution in [-0.4, -0.2) is 21.4 Å². The molecule has 0 fully saturated rings. The number of aliphatic hydroxyl groups is 2. The zero-order valence-corrected chi connectivity index (χ0v) is 9.13. The lowest BCUT2D eigenvalue weighted by Gasteiger charge is -2.13.